The maximum Gasteiger partial charge on any atom is 0.147 e. The predicted molar refractivity (Wildman–Crippen MR) is 93.1 cm³/mol. The lowest BCUT2D eigenvalue weighted by atomic mass is 10.1. The lowest BCUT2D eigenvalue weighted by molar-refractivity contribution is 0.280. The van der Waals surface area contributed by atoms with E-state index in [9.17, 15) is 5.11 Å². The molecule has 0 fully saturated rings. The molecule has 1 unspecified atom stereocenters. The zero-order valence-corrected chi connectivity index (χ0v) is 15.2. The summed E-state index contributed by atoms with van der Waals surface area (Å²) in [5.41, 5.74) is 2.26. The monoisotopic (exact) mass is 428 g/mol. The summed E-state index contributed by atoms with van der Waals surface area (Å²) in [5, 5.41) is 9.64. The molecular formula is C16H14Br2O2S. The highest BCUT2D eigenvalue weighted by atomic mass is 79.9. The molecule has 5 heteroatoms. The van der Waals surface area contributed by atoms with E-state index in [2.05, 4.69) is 56.1 Å². The Morgan fingerprint density at radius 2 is 1.90 bits per heavy atom. The minimum Gasteiger partial charge on any atom is -0.490 e. The Bertz CT molecular complexity index is 612. The van der Waals surface area contributed by atoms with Gasteiger partial charge in [0.2, 0.25) is 0 Å². The summed E-state index contributed by atoms with van der Waals surface area (Å²) in [4.78, 5) is 1.36. The van der Waals surface area contributed by atoms with Gasteiger partial charge < -0.3 is 9.84 Å². The number of rotatable bonds is 4. The molecule has 1 N–H and O–H groups in total. The van der Waals surface area contributed by atoms with Gasteiger partial charge in [-0.2, -0.15) is 0 Å². The van der Waals surface area contributed by atoms with Crippen molar-refractivity contribution in [1.82, 2.24) is 0 Å². The van der Waals surface area contributed by atoms with Crippen molar-refractivity contribution in [1.29, 1.82) is 0 Å². The van der Waals surface area contributed by atoms with E-state index in [-0.39, 0.29) is 6.61 Å². The Hall–Kier alpha value is -0.490. The summed E-state index contributed by atoms with van der Waals surface area (Å²) in [6, 6.07) is 12.3. The van der Waals surface area contributed by atoms with Crippen LogP contribution in [0.15, 0.2) is 50.2 Å². The maximum atomic E-state index is 9.19. The van der Waals surface area contributed by atoms with Gasteiger partial charge in [-0.1, -0.05) is 18.2 Å². The molecule has 3 rings (SSSR count). The number of fused-ring (bicyclic) bond motifs is 1. The van der Waals surface area contributed by atoms with Gasteiger partial charge >= 0.3 is 0 Å². The van der Waals surface area contributed by atoms with E-state index in [1.165, 1.54) is 10.5 Å². The average Bonchev–Trinajstić information content (AvgIpc) is 2.88. The molecule has 0 spiro atoms. The molecular weight excluding hydrogens is 416 g/mol. The summed E-state index contributed by atoms with van der Waals surface area (Å²) in [6.07, 6.45) is 1.05. The third-order valence-electron chi connectivity index (χ3n) is 3.37. The highest BCUT2D eigenvalue weighted by Gasteiger charge is 2.23. The minimum absolute atomic E-state index is 0.0191. The van der Waals surface area contributed by atoms with Gasteiger partial charge in [0.1, 0.15) is 12.4 Å². The molecule has 21 heavy (non-hydrogen) atoms. The third kappa shape index (κ3) is 3.47. The number of thioether (sulfide) groups is 1. The number of hydrogen-bond donors (Lipinski definition) is 1. The Balaban J connectivity index is 1.67. The fraction of sp³-hybridized carbons (Fsp3) is 0.250. The number of benzene rings is 2. The molecule has 1 atom stereocenters. The maximum absolute atomic E-state index is 9.19. The minimum atomic E-state index is 0.0191. The van der Waals surface area contributed by atoms with Crippen LogP contribution in [0, 0.1) is 0 Å². The number of ether oxygens (including phenoxy) is 1. The quantitative estimate of drug-likeness (QED) is 0.756. The molecule has 2 nitrogen and oxygen atoms in total. The summed E-state index contributed by atoms with van der Waals surface area (Å²) in [5.74, 6) is 0.795. The second-order valence-electron chi connectivity index (χ2n) is 4.91. The standard InChI is InChI=1S/C16H14Br2O2S/c17-13-5-10(8-19)6-14(18)16(13)20-9-12-7-11-3-1-2-4-15(11)21-12/h1-6,12,19H,7-9H2. The van der Waals surface area contributed by atoms with Crippen LogP contribution in [-0.4, -0.2) is 17.0 Å². The topological polar surface area (TPSA) is 29.5 Å². The highest BCUT2D eigenvalue weighted by molar-refractivity contribution is 9.11. The lowest BCUT2D eigenvalue weighted by Gasteiger charge is -2.14. The normalized spacial score (nSPS) is 16.8. The highest BCUT2D eigenvalue weighted by Crippen LogP contribution is 2.39. The van der Waals surface area contributed by atoms with Gasteiger partial charge in [-0.25, -0.2) is 0 Å². The van der Waals surface area contributed by atoms with Crippen LogP contribution in [0.1, 0.15) is 11.1 Å². The first-order valence-corrected chi connectivity index (χ1v) is 9.10. The van der Waals surface area contributed by atoms with Gasteiger partial charge in [-0.05, 0) is 67.6 Å². The van der Waals surface area contributed by atoms with Crippen molar-refractivity contribution in [3.05, 3.63) is 56.5 Å². The van der Waals surface area contributed by atoms with E-state index in [1.807, 2.05) is 23.9 Å². The molecule has 0 saturated heterocycles. The van der Waals surface area contributed by atoms with Crippen LogP contribution in [0.4, 0.5) is 0 Å². The van der Waals surface area contributed by atoms with Gasteiger partial charge in [0.15, 0.2) is 0 Å². The summed E-state index contributed by atoms with van der Waals surface area (Å²) in [6.45, 7) is 0.681. The summed E-state index contributed by atoms with van der Waals surface area (Å²) in [7, 11) is 0. The fourth-order valence-electron chi connectivity index (χ4n) is 2.36. The van der Waals surface area contributed by atoms with Crippen molar-refractivity contribution in [2.75, 3.05) is 6.61 Å². The van der Waals surface area contributed by atoms with Crippen LogP contribution < -0.4 is 4.74 Å². The number of hydrogen-bond acceptors (Lipinski definition) is 3. The molecule has 0 aromatic heterocycles. The fourth-order valence-corrected chi connectivity index (χ4v) is 5.09. The third-order valence-corrected chi connectivity index (χ3v) is 5.83. The van der Waals surface area contributed by atoms with E-state index in [0.29, 0.717) is 11.9 Å². The van der Waals surface area contributed by atoms with Crippen LogP contribution in [0.2, 0.25) is 0 Å². The average molecular weight is 430 g/mol. The van der Waals surface area contributed by atoms with Crippen LogP contribution >= 0.6 is 43.6 Å². The summed E-state index contributed by atoms with van der Waals surface area (Å²) < 4.78 is 7.71. The molecule has 1 aliphatic heterocycles. The Morgan fingerprint density at radius 3 is 2.57 bits per heavy atom. The zero-order valence-electron chi connectivity index (χ0n) is 11.2. The number of aliphatic hydroxyl groups is 1. The molecule has 0 saturated carbocycles. The summed E-state index contributed by atoms with van der Waals surface area (Å²) >= 11 is 8.89. The molecule has 2 aromatic carbocycles. The van der Waals surface area contributed by atoms with Crippen molar-refractivity contribution in [2.24, 2.45) is 0 Å². The SMILES string of the molecule is OCc1cc(Br)c(OCC2Cc3ccccc3S2)c(Br)c1. The smallest absolute Gasteiger partial charge is 0.147 e. The predicted octanol–water partition coefficient (Wildman–Crippen LogP) is 4.80. The first-order valence-electron chi connectivity index (χ1n) is 6.63. The lowest BCUT2D eigenvalue weighted by Crippen LogP contribution is -2.14. The number of halogens is 2. The Kier molecular flexibility index (Phi) is 4.94. The van der Waals surface area contributed by atoms with E-state index in [0.717, 1.165) is 26.7 Å². The molecule has 2 aromatic rings. The van der Waals surface area contributed by atoms with Gasteiger partial charge in [-0.15, -0.1) is 11.8 Å². The van der Waals surface area contributed by atoms with Gasteiger partial charge in [0.05, 0.1) is 15.6 Å². The van der Waals surface area contributed by atoms with Gasteiger partial charge in [0, 0.05) is 10.1 Å². The van der Waals surface area contributed by atoms with Crippen LogP contribution in [0.3, 0.4) is 0 Å². The van der Waals surface area contributed by atoms with Crippen LogP contribution in [-0.2, 0) is 13.0 Å². The molecule has 1 aliphatic rings. The van der Waals surface area contributed by atoms with Gasteiger partial charge in [-0.3, -0.25) is 0 Å². The van der Waals surface area contributed by atoms with Crippen LogP contribution in [0.5, 0.6) is 5.75 Å². The van der Waals surface area contributed by atoms with E-state index < -0.39 is 0 Å². The van der Waals surface area contributed by atoms with E-state index in [4.69, 9.17) is 4.74 Å². The van der Waals surface area contributed by atoms with E-state index >= 15 is 0 Å². The second kappa shape index (κ2) is 6.73. The Labute approximate surface area is 145 Å². The first-order chi connectivity index (χ1) is 10.2. The molecule has 110 valence electrons. The van der Waals surface area contributed by atoms with Crippen molar-refractivity contribution in [3.8, 4) is 5.75 Å². The largest absolute Gasteiger partial charge is 0.490 e. The first kappa shape index (κ1) is 15.4. The number of aliphatic hydroxyl groups excluding tert-OH is 1. The van der Waals surface area contributed by atoms with Crippen molar-refractivity contribution in [3.63, 3.8) is 0 Å². The Morgan fingerprint density at radius 1 is 1.19 bits per heavy atom. The van der Waals surface area contributed by atoms with Crippen molar-refractivity contribution in [2.45, 2.75) is 23.2 Å². The van der Waals surface area contributed by atoms with Crippen LogP contribution in [0.25, 0.3) is 0 Å². The molecule has 0 bridgehead atoms. The molecule has 0 amide bonds. The molecule has 1 heterocycles. The zero-order chi connectivity index (χ0) is 14.8. The second-order valence-corrected chi connectivity index (χ2v) is 7.96. The van der Waals surface area contributed by atoms with Gasteiger partial charge in [0.25, 0.3) is 0 Å². The van der Waals surface area contributed by atoms with Crippen molar-refractivity contribution >= 4 is 43.6 Å². The van der Waals surface area contributed by atoms with Crippen molar-refractivity contribution < 1.29 is 9.84 Å². The van der Waals surface area contributed by atoms with E-state index in [1.54, 1.807) is 0 Å². The molecule has 0 radical (unpaired) electrons. The molecule has 0 aliphatic carbocycles.